The molecule has 116 valence electrons. The second-order valence-electron chi connectivity index (χ2n) is 5.55. The van der Waals surface area contributed by atoms with E-state index in [1.54, 1.807) is 12.1 Å². The number of hydrogen-bond acceptors (Lipinski definition) is 2. The maximum atomic E-state index is 13.2. The molecule has 0 aromatic heterocycles. The summed E-state index contributed by atoms with van der Waals surface area (Å²) in [5.74, 6) is -0.293. The number of rotatable bonds is 2. The predicted octanol–water partition coefficient (Wildman–Crippen LogP) is 2.86. The van der Waals surface area contributed by atoms with E-state index >= 15 is 0 Å². The van der Waals surface area contributed by atoms with Crippen molar-refractivity contribution >= 4 is 23.9 Å². The van der Waals surface area contributed by atoms with Gasteiger partial charge in [0.2, 0.25) is 5.91 Å². The minimum absolute atomic E-state index is 0. The van der Waals surface area contributed by atoms with Gasteiger partial charge in [-0.1, -0.05) is 12.1 Å². The lowest BCUT2D eigenvalue weighted by Crippen LogP contribution is -2.55. The van der Waals surface area contributed by atoms with Crippen LogP contribution in [-0.2, 0) is 4.79 Å². The average molecular weight is 313 g/mol. The fourth-order valence-electron chi connectivity index (χ4n) is 2.60. The third-order valence-electron chi connectivity index (χ3n) is 3.49. The van der Waals surface area contributed by atoms with E-state index < -0.39 is 0 Å². The maximum Gasteiger partial charge on any atom is 0.246 e. The van der Waals surface area contributed by atoms with Crippen LogP contribution in [0.1, 0.15) is 26.3 Å². The average Bonchev–Trinajstić information content (AvgIpc) is 2.37. The first-order chi connectivity index (χ1) is 9.45. The van der Waals surface area contributed by atoms with Crippen LogP contribution in [0.3, 0.4) is 0 Å². The molecule has 1 aliphatic rings. The molecule has 1 aromatic carbocycles. The summed E-state index contributed by atoms with van der Waals surface area (Å²) < 4.78 is 13.2. The maximum absolute atomic E-state index is 13.2. The molecule has 1 heterocycles. The van der Waals surface area contributed by atoms with Gasteiger partial charge in [-0.3, -0.25) is 4.79 Å². The summed E-state index contributed by atoms with van der Waals surface area (Å²) in [4.78, 5) is 14.1. The van der Waals surface area contributed by atoms with Gasteiger partial charge in [-0.25, -0.2) is 4.39 Å². The Morgan fingerprint density at radius 1 is 1.33 bits per heavy atom. The Bertz CT molecular complexity index is 523. The molecule has 1 aliphatic heterocycles. The number of halogens is 2. The zero-order valence-corrected chi connectivity index (χ0v) is 13.4. The Morgan fingerprint density at radius 2 is 1.95 bits per heavy atom. The van der Waals surface area contributed by atoms with E-state index in [0.29, 0.717) is 25.2 Å². The number of nitrogens with one attached hydrogen (secondary N) is 1. The second-order valence-corrected chi connectivity index (χ2v) is 5.55. The van der Waals surface area contributed by atoms with Crippen molar-refractivity contribution in [1.82, 2.24) is 10.2 Å². The van der Waals surface area contributed by atoms with Crippen LogP contribution in [0.25, 0.3) is 5.57 Å². The van der Waals surface area contributed by atoms with Crippen molar-refractivity contribution in [3.05, 3.63) is 41.7 Å². The predicted molar refractivity (Wildman–Crippen MR) is 85.9 cm³/mol. The first kappa shape index (κ1) is 17.7. The summed E-state index contributed by atoms with van der Waals surface area (Å²) in [6, 6.07) is 6.91. The topological polar surface area (TPSA) is 32.3 Å². The van der Waals surface area contributed by atoms with Crippen molar-refractivity contribution in [2.45, 2.75) is 32.9 Å². The van der Waals surface area contributed by atoms with Crippen LogP contribution >= 0.6 is 12.4 Å². The Labute approximate surface area is 131 Å². The van der Waals surface area contributed by atoms with Crippen LogP contribution in [0.5, 0.6) is 0 Å². The first-order valence-corrected chi connectivity index (χ1v) is 6.95. The SMILES string of the molecule is C/C(=C\C(=O)N1CC(C)NC(C)C1)c1cccc(F)c1.Cl. The minimum Gasteiger partial charge on any atom is -0.336 e. The lowest BCUT2D eigenvalue weighted by molar-refractivity contribution is -0.127. The number of nitrogens with zero attached hydrogens (tertiary/aromatic N) is 1. The van der Waals surface area contributed by atoms with Gasteiger partial charge in [0, 0.05) is 31.2 Å². The van der Waals surface area contributed by atoms with E-state index in [1.165, 1.54) is 12.1 Å². The Kier molecular flexibility index (Phi) is 6.37. The van der Waals surface area contributed by atoms with E-state index in [4.69, 9.17) is 0 Å². The minimum atomic E-state index is -0.285. The molecule has 1 amide bonds. The lowest BCUT2D eigenvalue weighted by Gasteiger charge is -2.35. The zero-order chi connectivity index (χ0) is 14.7. The molecule has 2 atom stereocenters. The molecule has 2 rings (SSSR count). The van der Waals surface area contributed by atoms with Gasteiger partial charge < -0.3 is 10.2 Å². The quantitative estimate of drug-likeness (QED) is 0.852. The van der Waals surface area contributed by atoms with Crippen LogP contribution < -0.4 is 5.32 Å². The van der Waals surface area contributed by atoms with E-state index in [2.05, 4.69) is 19.2 Å². The van der Waals surface area contributed by atoms with Crippen molar-refractivity contribution in [3.63, 3.8) is 0 Å². The fourth-order valence-corrected chi connectivity index (χ4v) is 2.60. The molecule has 0 spiro atoms. The van der Waals surface area contributed by atoms with Gasteiger partial charge in [0.1, 0.15) is 5.82 Å². The molecule has 5 heteroatoms. The highest BCUT2D eigenvalue weighted by atomic mass is 35.5. The first-order valence-electron chi connectivity index (χ1n) is 6.95. The Hall–Kier alpha value is -1.39. The Morgan fingerprint density at radius 3 is 2.52 bits per heavy atom. The number of carbonyl (C=O) groups excluding carboxylic acids is 1. The summed E-state index contributed by atoms with van der Waals surface area (Å²) in [6.45, 7) is 7.38. The summed E-state index contributed by atoms with van der Waals surface area (Å²) in [5, 5.41) is 3.39. The third-order valence-corrected chi connectivity index (χ3v) is 3.49. The van der Waals surface area contributed by atoms with Gasteiger partial charge >= 0.3 is 0 Å². The summed E-state index contributed by atoms with van der Waals surface area (Å²) in [5.41, 5.74) is 1.53. The number of benzene rings is 1. The van der Waals surface area contributed by atoms with Gasteiger partial charge in [0.05, 0.1) is 0 Å². The molecular weight excluding hydrogens is 291 g/mol. The normalized spacial score (nSPS) is 22.7. The molecule has 0 aliphatic carbocycles. The van der Waals surface area contributed by atoms with Crippen molar-refractivity contribution in [2.75, 3.05) is 13.1 Å². The molecule has 2 unspecified atom stereocenters. The van der Waals surface area contributed by atoms with Crippen LogP contribution in [0.4, 0.5) is 4.39 Å². The van der Waals surface area contributed by atoms with Crippen molar-refractivity contribution in [3.8, 4) is 0 Å². The van der Waals surface area contributed by atoms with Crippen LogP contribution in [0, 0.1) is 5.82 Å². The third kappa shape index (κ3) is 4.83. The molecule has 0 saturated carbocycles. The lowest BCUT2D eigenvalue weighted by atomic mass is 10.1. The van der Waals surface area contributed by atoms with Crippen LogP contribution in [0.2, 0.25) is 0 Å². The van der Waals surface area contributed by atoms with E-state index in [9.17, 15) is 9.18 Å². The smallest absolute Gasteiger partial charge is 0.246 e. The van der Waals surface area contributed by atoms with Crippen LogP contribution in [-0.4, -0.2) is 36.0 Å². The molecule has 1 fully saturated rings. The number of carbonyl (C=O) groups is 1. The highest BCUT2D eigenvalue weighted by Crippen LogP contribution is 2.16. The van der Waals surface area contributed by atoms with Crippen molar-refractivity contribution < 1.29 is 9.18 Å². The van der Waals surface area contributed by atoms with E-state index in [-0.39, 0.29) is 24.1 Å². The van der Waals surface area contributed by atoms with Gasteiger partial charge in [-0.05, 0) is 44.0 Å². The summed E-state index contributed by atoms with van der Waals surface area (Å²) in [7, 11) is 0. The van der Waals surface area contributed by atoms with Gasteiger partial charge in [0.25, 0.3) is 0 Å². The van der Waals surface area contributed by atoms with Crippen molar-refractivity contribution in [2.24, 2.45) is 0 Å². The standard InChI is InChI=1S/C16H21FN2O.ClH/c1-11(14-5-4-6-15(17)8-14)7-16(20)19-9-12(2)18-13(3)10-19;/h4-8,12-13,18H,9-10H2,1-3H3;1H/b11-7+;. The fraction of sp³-hybridized carbons (Fsp3) is 0.438. The molecule has 1 saturated heterocycles. The second kappa shape index (κ2) is 7.57. The number of amides is 1. The highest BCUT2D eigenvalue weighted by molar-refractivity contribution is 5.95. The van der Waals surface area contributed by atoms with Gasteiger partial charge in [-0.15, -0.1) is 12.4 Å². The number of hydrogen-bond donors (Lipinski definition) is 1. The molecule has 3 nitrogen and oxygen atoms in total. The van der Waals surface area contributed by atoms with Crippen LogP contribution in [0.15, 0.2) is 30.3 Å². The molecule has 0 bridgehead atoms. The summed E-state index contributed by atoms with van der Waals surface area (Å²) >= 11 is 0. The molecular formula is C16H22ClFN2O. The monoisotopic (exact) mass is 312 g/mol. The molecule has 0 radical (unpaired) electrons. The zero-order valence-electron chi connectivity index (χ0n) is 12.6. The highest BCUT2D eigenvalue weighted by Gasteiger charge is 2.23. The number of piperazine rings is 1. The molecule has 1 N–H and O–H groups in total. The van der Waals surface area contributed by atoms with Crippen molar-refractivity contribution in [1.29, 1.82) is 0 Å². The van der Waals surface area contributed by atoms with Gasteiger partial charge in [0.15, 0.2) is 0 Å². The Balaban J connectivity index is 0.00000220. The number of allylic oxidation sites excluding steroid dienone is 1. The molecule has 1 aromatic rings. The van der Waals surface area contributed by atoms with Gasteiger partial charge in [-0.2, -0.15) is 0 Å². The largest absolute Gasteiger partial charge is 0.336 e. The summed E-state index contributed by atoms with van der Waals surface area (Å²) in [6.07, 6.45) is 1.60. The van der Waals surface area contributed by atoms with E-state index in [0.717, 1.165) is 11.1 Å². The van der Waals surface area contributed by atoms with E-state index in [1.807, 2.05) is 17.9 Å². The molecule has 21 heavy (non-hydrogen) atoms.